The van der Waals surface area contributed by atoms with Crippen molar-refractivity contribution in [3.8, 4) is 22.3 Å². The van der Waals surface area contributed by atoms with Crippen LogP contribution in [0.5, 0.6) is 0 Å². The first-order valence-electron chi connectivity index (χ1n) is 12.6. The number of unbranched alkanes of at least 4 members (excludes halogenated alkanes) is 3. The second-order valence-electron chi connectivity index (χ2n) is 9.04. The van der Waals surface area contributed by atoms with Gasteiger partial charge in [-0.3, -0.25) is 0 Å². The minimum atomic E-state index is -4.71. The van der Waals surface area contributed by atoms with E-state index in [9.17, 15) is 35.9 Å². The largest absolute Gasteiger partial charge is 0.447 e. The van der Waals surface area contributed by atoms with E-state index in [1.807, 2.05) is 6.92 Å². The molecule has 0 fully saturated rings. The van der Waals surface area contributed by atoms with Gasteiger partial charge in [-0.2, -0.15) is 26.3 Å². The molecule has 2 heterocycles. The third-order valence-corrected chi connectivity index (χ3v) is 5.90. The van der Waals surface area contributed by atoms with Crippen molar-refractivity contribution in [2.75, 3.05) is 0 Å². The number of halogens is 6. The molecule has 3 aromatic rings. The fourth-order valence-electron chi connectivity index (χ4n) is 3.53. The van der Waals surface area contributed by atoms with Crippen LogP contribution in [0, 0.1) is 0 Å². The topological polar surface area (TPSA) is 104 Å². The maximum absolute atomic E-state index is 13.3. The molecule has 8 nitrogen and oxygen atoms in total. The summed E-state index contributed by atoms with van der Waals surface area (Å²) in [6.07, 6.45) is -6.76. The normalized spacial score (nSPS) is 13.4. The minimum absolute atomic E-state index is 0.269. The standard InChI is InChI=1S/C27H26F6N4O4/c1-3-4-5-6-7-21(27(31,32)33)41-25(39)23-36-14-20(15-37-23)18-10-8-17(9-11-18)19-12-34-22(35-13-19)24(38)40-16(2)26(28,29)30/h8-16,21H,3-7H2,1-2H3/t16-,21-/m0/s1. The molecule has 1 aromatic carbocycles. The first-order chi connectivity index (χ1) is 19.3. The lowest BCUT2D eigenvalue weighted by molar-refractivity contribution is -0.206. The van der Waals surface area contributed by atoms with Crippen molar-refractivity contribution in [3.63, 3.8) is 0 Å². The smallest absolute Gasteiger partial charge is 0.425 e. The molecule has 0 amide bonds. The number of hydrogen-bond donors (Lipinski definition) is 0. The van der Waals surface area contributed by atoms with Crippen LogP contribution < -0.4 is 0 Å². The van der Waals surface area contributed by atoms with E-state index in [1.54, 1.807) is 24.3 Å². The molecule has 41 heavy (non-hydrogen) atoms. The number of carbonyl (C=O) groups is 2. The Morgan fingerprint density at radius 2 is 1.12 bits per heavy atom. The van der Waals surface area contributed by atoms with Crippen molar-refractivity contribution in [3.05, 3.63) is 60.7 Å². The van der Waals surface area contributed by atoms with Crippen molar-refractivity contribution in [1.29, 1.82) is 0 Å². The summed E-state index contributed by atoms with van der Waals surface area (Å²) in [5, 5.41) is 0. The molecule has 0 unspecified atom stereocenters. The number of carbonyl (C=O) groups excluding carboxylic acids is 2. The van der Waals surface area contributed by atoms with Gasteiger partial charge in [-0.1, -0.05) is 50.5 Å². The molecule has 0 saturated heterocycles. The Bertz CT molecular complexity index is 1300. The maximum Gasteiger partial charge on any atom is 0.425 e. The van der Waals surface area contributed by atoms with Gasteiger partial charge in [0.05, 0.1) is 0 Å². The van der Waals surface area contributed by atoms with E-state index in [-0.39, 0.29) is 12.8 Å². The fourth-order valence-corrected chi connectivity index (χ4v) is 3.53. The van der Waals surface area contributed by atoms with Crippen molar-refractivity contribution in [2.45, 2.75) is 70.5 Å². The van der Waals surface area contributed by atoms with Crippen molar-refractivity contribution in [2.24, 2.45) is 0 Å². The van der Waals surface area contributed by atoms with Gasteiger partial charge in [0, 0.05) is 35.9 Å². The first-order valence-corrected chi connectivity index (χ1v) is 12.6. The van der Waals surface area contributed by atoms with E-state index in [0.29, 0.717) is 35.6 Å². The molecule has 14 heteroatoms. The lowest BCUT2D eigenvalue weighted by atomic mass is 10.0. The number of rotatable bonds is 11. The zero-order valence-electron chi connectivity index (χ0n) is 22.0. The summed E-state index contributed by atoms with van der Waals surface area (Å²) in [6, 6.07) is 6.64. The monoisotopic (exact) mass is 584 g/mol. The molecule has 2 aromatic heterocycles. The molecule has 220 valence electrons. The number of alkyl halides is 6. The Hall–Kier alpha value is -4.10. The SMILES string of the molecule is CCCCCC[C@H](OC(=O)c1ncc(-c2ccc(-c3cnc(C(=O)O[C@@H](C)C(F)(F)F)nc3)cc2)cn1)C(F)(F)F. The number of benzene rings is 1. The highest BCUT2D eigenvalue weighted by atomic mass is 19.4. The van der Waals surface area contributed by atoms with Crippen LogP contribution in [0.3, 0.4) is 0 Å². The summed E-state index contributed by atoms with van der Waals surface area (Å²) in [5.41, 5.74) is 2.14. The van der Waals surface area contributed by atoms with E-state index in [4.69, 9.17) is 0 Å². The van der Waals surface area contributed by atoms with Crippen LogP contribution >= 0.6 is 0 Å². The Labute approximate surface area is 231 Å². The number of ether oxygens (including phenoxy) is 2. The van der Waals surface area contributed by atoms with E-state index >= 15 is 0 Å². The lowest BCUT2D eigenvalue weighted by Crippen LogP contribution is -2.34. The van der Waals surface area contributed by atoms with Gasteiger partial charge < -0.3 is 9.47 Å². The second kappa shape index (κ2) is 13.5. The van der Waals surface area contributed by atoms with Crippen LogP contribution in [0.2, 0.25) is 0 Å². The highest BCUT2D eigenvalue weighted by Crippen LogP contribution is 2.28. The molecule has 0 aliphatic rings. The van der Waals surface area contributed by atoms with Gasteiger partial charge in [0.25, 0.3) is 0 Å². The van der Waals surface area contributed by atoms with Gasteiger partial charge in [-0.05, 0) is 30.9 Å². The van der Waals surface area contributed by atoms with Crippen molar-refractivity contribution >= 4 is 11.9 Å². The third-order valence-electron chi connectivity index (χ3n) is 5.90. The summed E-state index contributed by atoms with van der Waals surface area (Å²) in [7, 11) is 0. The molecule has 0 aliphatic heterocycles. The Balaban J connectivity index is 1.63. The zero-order valence-corrected chi connectivity index (χ0v) is 22.0. The summed E-state index contributed by atoms with van der Waals surface area (Å²) >= 11 is 0. The Morgan fingerprint density at radius 3 is 1.51 bits per heavy atom. The molecule has 3 rings (SSSR count). The van der Waals surface area contributed by atoms with E-state index in [1.165, 1.54) is 24.8 Å². The molecule has 0 radical (unpaired) electrons. The number of nitrogens with zero attached hydrogens (tertiary/aromatic N) is 4. The number of esters is 2. The molecular formula is C27H26F6N4O4. The van der Waals surface area contributed by atoms with Gasteiger partial charge in [-0.15, -0.1) is 0 Å². The van der Waals surface area contributed by atoms with Crippen LogP contribution in [0.4, 0.5) is 26.3 Å². The van der Waals surface area contributed by atoms with Crippen LogP contribution in [0.15, 0.2) is 49.1 Å². The summed E-state index contributed by atoms with van der Waals surface area (Å²) in [6.45, 7) is 2.62. The summed E-state index contributed by atoms with van der Waals surface area (Å²) in [4.78, 5) is 39.4. The summed E-state index contributed by atoms with van der Waals surface area (Å²) < 4.78 is 86.6. The average molecular weight is 585 g/mol. The molecular weight excluding hydrogens is 558 g/mol. The van der Waals surface area contributed by atoms with Gasteiger partial charge >= 0.3 is 24.3 Å². The van der Waals surface area contributed by atoms with Crippen molar-refractivity contribution in [1.82, 2.24) is 19.9 Å². The molecule has 0 saturated carbocycles. The van der Waals surface area contributed by atoms with E-state index < -0.39 is 48.1 Å². The van der Waals surface area contributed by atoms with E-state index in [0.717, 1.165) is 12.8 Å². The highest BCUT2D eigenvalue weighted by molar-refractivity contribution is 5.86. The highest BCUT2D eigenvalue weighted by Gasteiger charge is 2.43. The van der Waals surface area contributed by atoms with Crippen LogP contribution in [-0.4, -0.2) is 56.4 Å². The number of hydrogen-bond acceptors (Lipinski definition) is 8. The van der Waals surface area contributed by atoms with Crippen molar-refractivity contribution < 1.29 is 45.4 Å². The van der Waals surface area contributed by atoms with Gasteiger partial charge in [0.15, 0.2) is 12.2 Å². The summed E-state index contributed by atoms with van der Waals surface area (Å²) in [5.74, 6) is -3.63. The maximum atomic E-state index is 13.3. The van der Waals surface area contributed by atoms with Crippen LogP contribution in [0.25, 0.3) is 22.3 Å². The van der Waals surface area contributed by atoms with Gasteiger partial charge in [0.2, 0.25) is 11.6 Å². The predicted molar refractivity (Wildman–Crippen MR) is 133 cm³/mol. The second-order valence-corrected chi connectivity index (χ2v) is 9.04. The average Bonchev–Trinajstić information content (AvgIpc) is 2.93. The molecule has 2 atom stereocenters. The quantitative estimate of drug-likeness (QED) is 0.138. The fraction of sp³-hybridized carbons (Fsp3) is 0.407. The Kier molecular flexibility index (Phi) is 10.4. The van der Waals surface area contributed by atoms with E-state index in [2.05, 4.69) is 29.4 Å². The predicted octanol–water partition coefficient (Wildman–Crippen LogP) is 6.77. The van der Waals surface area contributed by atoms with Gasteiger partial charge in [0.1, 0.15) is 0 Å². The molecule has 0 bridgehead atoms. The molecule has 0 aliphatic carbocycles. The third kappa shape index (κ3) is 8.95. The Morgan fingerprint density at radius 1 is 0.683 bits per heavy atom. The zero-order chi connectivity index (χ0) is 30.2. The molecule has 0 N–H and O–H groups in total. The van der Waals surface area contributed by atoms with Crippen LogP contribution in [0.1, 0.15) is 67.2 Å². The first kappa shape index (κ1) is 31.4. The number of aromatic nitrogens is 4. The van der Waals surface area contributed by atoms with Gasteiger partial charge in [-0.25, -0.2) is 29.5 Å². The lowest BCUT2D eigenvalue weighted by Gasteiger charge is -2.20. The minimum Gasteiger partial charge on any atom is -0.447 e. The molecule has 0 spiro atoms. The van der Waals surface area contributed by atoms with Crippen LogP contribution in [-0.2, 0) is 9.47 Å².